The molecule has 2 N–H and O–H groups in total. The maximum atomic E-state index is 12.8. The monoisotopic (exact) mass is 543 g/mol. The molecule has 0 aromatic heterocycles. The zero-order chi connectivity index (χ0) is 26.4. The molecule has 2 amide bonds. The SMILES string of the molecule is CCOc1ccc(N2C[C@@H](C(=O)NNc3ccc(OCc4ccc(Cl)cc4Cl)c(OC)c3)CC2=O)cc1. The van der Waals surface area contributed by atoms with Gasteiger partial charge in [0.1, 0.15) is 12.4 Å². The lowest BCUT2D eigenvalue weighted by molar-refractivity contribution is -0.125. The summed E-state index contributed by atoms with van der Waals surface area (Å²) < 4.78 is 16.8. The van der Waals surface area contributed by atoms with E-state index in [9.17, 15) is 9.59 Å². The van der Waals surface area contributed by atoms with Crippen molar-refractivity contribution in [2.24, 2.45) is 5.92 Å². The van der Waals surface area contributed by atoms with E-state index in [0.717, 1.165) is 17.0 Å². The Morgan fingerprint density at radius 3 is 2.51 bits per heavy atom. The zero-order valence-corrected chi connectivity index (χ0v) is 21.9. The van der Waals surface area contributed by atoms with E-state index in [0.29, 0.717) is 40.4 Å². The quantitative estimate of drug-likeness (QED) is 0.329. The van der Waals surface area contributed by atoms with Crippen molar-refractivity contribution in [3.8, 4) is 17.2 Å². The molecule has 8 nitrogen and oxygen atoms in total. The number of nitrogens with zero attached hydrogens (tertiary/aromatic N) is 1. The molecule has 3 aromatic carbocycles. The highest BCUT2D eigenvalue weighted by Gasteiger charge is 2.35. The minimum atomic E-state index is -0.486. The van der Waals surface area contributed by atoms with Crippen LogP contribution in [0.25, 0.3) is 0 Å². The van der Waals surface area contributed by atoms with E-state index in [2.05, 4.69) is 10.9 Å². The highest BCUT2D eigenvalue weighted by atomic mass is 35.5. The second kappa shape index (κ2) is 12.1. The zero-order valence-electron chi connectivity index (χ0n) is 20.4. The van der Waals surface area contributed by atoms with E-state index in [4.69, 9.17) is 37.4 Å². The van der Waals surface area contributed by atoms with Gasteiger partial charge in [0.2, 0.25) is 11.8 Å². The first-order chi connectivity index (χ1) is 17.9. The Morgan fingerprint density at radius 1 is 1.03 bits per heavy atom. The normalized spacial score (nSPS) is 14.9. The summed E-state index contributed by atoms with van der Waals surface area (Å²) in [6.45, 7) is 3.00. The number of benzene rings is 3. The van der Waals surface area contributed by atoms with Gasteiger partial charge < -0.3 is 19.1 Å². The highest BCUT2D eigenvalue weighted by Crippen LogP contribution is 2.32. The van der Waals surface area contributed by atoms with Gasteiger partial charge >= 0.3 is 0 Å². The van der Waals surface area contributed by atoms with Gasteiger partial charge in [-0.25, -0.2) is 0 Å². The molecule has 1 heterocycles. The van der Waals surface area contributed by atoms with Gasteiger partial charge in [0.05, 0.1) is 25.3 Å². The van der Waals surface area contributed by atoms with Crippen molar-refractivity contribution in [1.29, 1.82) is 0 Å². The molecule has 0 aliphatic carbocycles. The van der Waals surface area contributed by atoms with Crippen LogP contribution in [-0.2, 0) is 16.2 Å². The number of amides is 2. The van der Waals surface area contributed by atoms with Crippen LogP contribution in [0.1, 0.15) is 18.9 Å². The molecule has 0 radical (unpaired) electrons. The van der Waals surface area contributed by atoms with Gasteiger partial charge in [0.15, 0.2) is 11.5 Å². The molecular formula is C27H27Cl2N3O5. The summed E-state index contributed by atoms with van der Waals surface area (Å²) in [6, 6.07) is 17.6. The maximum Gasteiger partial charge on any atom is 0.243 e. The Kier molecular flexibility index (Phi) is 8.63. The molecule has 3 aromatic rings. The third-order valence-electron chi connectivity index (χ3n) is 5.85. The molecule has 0 unspecified atom stereocenters. The van der Waals surface area contributed by atoms with E-state index < -0.39 is 5.92 Å². The summed E-state index contributed by atoms with van der Waals surface area (Å²) in [5, 5.41) is 1.06. The van der Waals surface area contributed by atoms with Crippen LogP contribution in [0.3, 0.4) is 0 Å². The number of methoxy groups -OCH3 is 1. The Balaban J connectivity index is 1.32. The number of ether oxygens (including phenoxy) is 3. The van der Waals surface area contributed by atoms with Crippen LogP contribution in [0.15, 0.2) is 60.7 Å². The molecule has 0 saturated carbocycles. The van der Waals surface area contributed by atoms with Gasteiger partial charge in [0, 0.05) is 40.3 Å². The number of rotatable bonds is 10. The lowest BCUT2D eigenvalue weighted by Gasteiger charge is -2.18. The average Bonchev–Trinajstić information content (AvgIpc) is 3.29. The molecule has 1 atom stereocenters. The molecular weight excluding hydrogens is 517 g/mol. The molecule has 4 rings (SSSR count). The van der Waals surface area contributed by atoms with Crippen molar-refractivity contribution in [2.75, 3.05) is 30.6 Å². The van der Waals surface area contributed by atoms with Gasteiger partial charge in [-0.05, 0) is 55.5 Å². The number of hydrogen-bond donors (Lipinski definition) is 2. The Bertz CT molecular complexity index is 1270. The van der Waals surface area contributed by atoms with Crippen LogP contribution >= 0.6 is 23.2 Å². The number of anilines is 2. The molecule has 1 aliphatic heterocycles. The first kappa shape index (κ1) is 26.4. The molecule has 1 aliphatic rings. The number of hydrogen-bond acceptors (Lipinski definition) is 6. The first-order valence-electron chi connectivity index (χ1n) is 11.7. The molecule has 1 saturated heterocycles. The van der Waals surface area contributed by atoms with Crippen molar-refractivity contribution < 1.29 is 23.8 Å². The number of carbonyl (C=O) groups excluding carboxylic acids is 2. The predicted molar refractivity (Wildman–Crippen MR) is 144 cm³/mol. The van der Waals surface area contributed by atoms with Crippen molar-refractivity contribution in [1.82, 2.24) is 5.43 Å². The summed E-state index contributed by atoms with van der Waals surface area (Å²) in [4.78, 5) is 26.9. The second-order valence-corrected chi connectivity index (χ2v) is 9.18. The number of carbonyl (C=O) groups is 2. The van der Waals surface area contributed by atoms with Crippen molar-refractivity contribution in [3.05, 3.63) is 76.3 Å². The minimum Gasteiger partial charge on any atom is -0.494 e. The van der Waals surface area contributed by atoms with Gasteiger partial charge in [0.25, 0.3) is 0 Å². The second-order valence-electron chi connectivity index (χ2n) is 8.34. The Morgan fingerprint density at radius 2 is 1.81 bits per heavy atom. The lowest BCUT2D eigenvalue weighted by Crippen LogP contribution is -2.36. The molecule has 1 fully saturated rings. The lowest BCUT2D eigenvalue weighted by atomic mass is 10.1. The van der Waals surface area contributed by atoms with Gasteiger partial charge in [-0.3, -0.25) is 20.4 Å². The van der Waals surface area contributed by atoms with E-state index in [1.807, 2.05) is 31.2 Å². The van der Waals surface area contributed by atoms with E-state index in [1.165, 1.54) is 7.11 Å². The smallest absolute Gasteiger partial charge is 0.243 e. The Hall–Kier alpha value is -3.62. The number of halogens is 2. The van der Waals surface area contributed by atoms with Gasteiger partial charge in [-0.2, -0.15) is 0 Å². The average molecular weight is 544 g/mol. The summed E-state index contributed by atoms with van der Waals surface area (Å²) in [5.41, 5.74) is 7.68. The van der Waals surface area contributed by atoms with Crippen LogP contribution in [0.5, 0.6) is 17.2 Å². The summed E-state index contributed by atoms with van der Waals surface area (Å²) in [6.07, 6.45) is 0.129. The largest absolute Gasteiger partial charge is 0.494 e. The summed E-state index contributed by atoms with van der Waals surface area (Å²) in [5.74, 6) is 0.851. The molecule has 0 bridgehead atoms. The van der Waals surface area contributed by atoms with Crippen molar-refractivity contribution in [3.63, 3.8) is 0 Å². The predicted octanol–water partition coefficient (Wildman–Crippen LogP) is 5.48. The fourth-order valence-corrected chi connectivity index (χ4v) is 4.38. The van der Waals surface area contributed by atoms with Gasteiger partial charge in [-0.1, -0.05) is 29.3 Å². The van der Waals surface area contributed by atoms with E-state index >= 15 is 0 Å². The van der Waals surface area contributed by atoms with E-state index in [-0.39, 0.29) is 24.8 Å². The summed E-state index contributed by atoms with van der Waals surface area (Å²) in [7, 11) is 1.53. The first-order valence-corrected chi connectivity index (χ1v) is 12.5. The van der Waals surface area contributed by atoms with Crippen LogP contribution < -0.4 is 30.0 Å². The Labute approximate surface area is 225 Å². The fourth-order valence-electron chi connectivity index (χ4n) is 3.92. The molecule has 194 valence electrons. The molecule has 37 heavy (non-hydrogen) atoms. The third-order valence-corrected chi connectivity index (χ3v) is 6.43. The van der Waals surface area contributed by atoms with Crippen LogP contribution in [0, 0.1) is 5.92 Å². The van der Waals surface area contributed by atoms with E-state index in [1.54, 1.807) is 41.3 Å². The fraction of sp³-hybridized carbons (Fsp3) is 0.259. The van der Waals surface area contributed by atoms with Crippen LogP contribution in [-0.4, -0.2) is 32.1 Å². The molecule has 10 heteroatoms. The third kappa shape index (κ3) is 6.58. The standard InChI is InChI=1S/C27H27Cl2N3O5/c1-3-36-22-9-7-21(8-10-22)32-15-18(12-26(32)33)27(34)31-30-20-6-11-24(25(14-20)35-2)37-16-17-4-5-19(28)13-23(17)29/h4-11,13-14,18,30H,3,12,15-16H2,1-2H3,(H,31,34)/t18-/m0/s1. The number of hydrazine groups is 1. The molecule has 0 spiro atoms. The highest BCUT2D eigenvalue weighted by molar-refractivity contribution is 6.35. The van der Waals surface area contributed by atoms with Crippen molar-refractivity contribution >= 4 is 46.4 Å². The summed E-state index contributed by atoms with van der Waals surface area (Å²) >= 11 is 12.2. The van der Waals surface area contributed by atoms with Gasteiger partial charge in [-0.15, -0.1) is 0 Å². The minimum absolute atomic E-state index is 0.103. The topological polar surface area (TPSA) is 89.1 Å². The van der Waals surface area contributed by atoms with Crippen LogP contribution in [0.4, 0.5) is 11.4 Å². The van der Waals surface area contributed by atoms with Crippen LogP contribution in [0.2, 0.25) is 10.0 Å². The number of nitrogens with one attached hydrogen (secondary N) is 2. The van der Waals surface area contributed by atoms with Crippen molar-refractivity contribution in [2.45, 2.75) is 20.0 Å². The maximum absolute atomic E-state index is 12.8.